The molecule has 0 radical (unpaired) electrons. The van der Waals surface area contributed by atoms with Gasteiger partial charge in [0.15, 0.2) is 0 Å². The van der Waals surface area contributed by atoms with Crippen LogP contribution in [0.15, 0.2) is 24.5 Å². The van der Waals surface area contributed by atoms with Crippen LogP contribution in [0.25, 0.3) is 5.69 Å². The number of nitrogens with two attached hydrogens (primary N) is 1. The van der Waals surface area contributed by atoms with Crippen molar-refractivity contribution in [2.45, 2.75) is 51.9 Å². The zero-order valence-corrected chi connectivity index (χ0v) is 15.0. The van der Waals surface area contributed by atoms with Crippen LogP contribution >= 0.6 is 0 Å². The Kier molecular flexibility index (Phi) is 5.23. The molecule has 0 saturated heterocycles. The van der Waals surface area contributed by atoms with E-state index in [0.29, 0.717) is 25.3 Å². The van der Waals surface area contributed by atoms with Gasteiger partial charge < -0.3 is 15.4 Å². The molecule has 1 aromatic heterocycles. The standard InChI is InChI=1S/C20H27N3O2/c1-13(2)14-5-7-18-15(10-14)6-8-19-17(22-12-23(18)19)11-16(20(24)25)4-3-9-21/h5,7,10,12-13,16H,3-4,6,8-9,11,21H2,1-2H3,(H,24,25)/t16-/m0/s1. The maximum Gasteiger partial charge on any atom is 0.306 e. The van der Waals surface area contributed by atoms with E-state index in [2.05, 4.69) is 41.6 Å². The predicted octanol–water partition coefficient (Wildman–Crippen LogP) is 3.08. The van der Waals surface area contributed by atoms with Gasteiger partial charge in [0.05, 0.1) is 17.9 Å². The molecular weight excluding hydrogens is 314 g/mol. The number of hydrogen-bond donors (Lipinski definition) is 2. The number of carbonyl (C=O) groups is 1. The minimum atomic E-state index is -0.756. The molecule has 1 aliphatic heterocycles. The smallest absolute Gasteiger partial charge is 0.306 e. The Bertz CT molecular complexity index is 764. The van der Waals surface area contributed by atoms with Gasteiger partial charge in [0.2, 0.25) is 0 Å². The molecule has 0 amide bonds. The molecule has 134 valence electrons. The zero-order chi connectivity index (χ0) is 18.0. The molecule has 3 rings (SSSR count). The Morgan fingerprint density at radius 3 is 2.84 bits per heavy atom. The Morgan fingerprint density at radius 2 is 2.16 bits per heavy atom. The van der Waals surface area contributed by atoms with Crippen molar-refractivity contribution in [1.29, 1.82) is 0 Å². The molecule has 0 unspecified atom stereocenters. The van der Waals surface area contributed by atoms with Crippen molar-refractivity contribution in [3.63, 3.8) is 0 Å². The fourth-order valence-corrected chi connectivity index (χ4v) is 3.62. The van der Waals surface area contributed by atoms with Crippen molar-refractivity contribution in [2.75, 3.05) is 6.54 Å². The molecule has 0 aliphatic carbocycles. The second kappa shape index (κ2) is 7.40. The molecule has 0 fully saturated rings. The van der Waals surface area contributed by atoms with Crippen LogP contribution in [0.5, 0.6) is 0 Å². The average Bonchev–Trinajstić information content (AvgIpc) is 3.01. The fraction of sp³-hybridized carbons (Fsp3) is 0.500. The lowest BCUT2D eigenvalue weighted by Gasteiger charge is -2.22. The van der Waals surface area contributed by atoms with Gasteiger partial charge in [0, 0.05) is 17.8 Å². The molecule has 1 aliphatic rings. The number of imidazole rings is 1. The minimum absolute atomic E-state index is 0.409. The summed E-state index contributed by atoms with van der Waals surface area (Å²) in [6.07, 6.45) is 5.55. The molecule has 1 aromatic carbocycles. The topological polar surface area (TPSA) is 81.1 Å². The first-order valence-corrected chi connectivity index (χ1v) is 9.12. The number of aliphatic carboxylic acids is 1. The van der Waals surface area contributed by atoms with Crippen LogP contribution in [0.1, 0.15) is 55.1 Å². The highest BCUT2D eigenvalue weighted by molar-refractivity contribution is 5.70. The maximum atomic E-state index is 11.5. The monoisotopic (exact) mass is 341 g/mol. The van der Waals surface area contributed by atoms with Crippen molar-refractivity contribution in [3.8, 4) is 5.69 Å². The first-order chi connectivity index (χ1) is 12.0. The molecule has 5 heteroatoms. The summed E-state index contributed by atoms with van der Waals surface area (Å²) in [6.45, 7) is 4.94. The number of benzene rings is 1. The van der Waals surface area contributed by atoms with E-state index < -0.39 is 11.9 Å². The molecule has 2 aromatic rings. The third-order valence-corrected chi connectivity index (χ3v) is 5.16. The lowest BCUT2D eigenvalue weighted by Crippen LogP contribution is -2.20. The molecule has 25 heavy (non-hydrogen) atoms. The number of carboxylic acid groups (broad SMARTS) is 1. The summed E-state index contributed by atoms with van der Waals surface area (Å²) in [5.41, 5.74) is 11.5. The number of aryl methyl sites for hydroxylation is 1. The van der Waals surface area contributed by atoms with E-state index in [-0.39, 0.29) is 0 Å². The molecule has 2 heterocycles. The normalized spacial score (nSPS) is 14.2. The van der Waals surface area contributed by atoms with Crippen LogP contribution in [0.4, 0.5) is 0 Å². The van der Waals surface area contributed by atoms with Crippen LogP contribution < -0.4 is 5.73 Å². The second-order valence-corrected chi connectivity index (χ2v) is 7.22. The average molecular weight is 341 g/mol. The van der Waals surface area contributed by atoms with Gasteiger partial charge in [-0.3, -0.25) is 4.79 Å². The summed E-state index contributed by atoms with van der Waals surface area (Å²) >= 11 is 0. The highest BCUT2D eigenvalue weighted by Crippen LogP contribution is 2.30. The number of rotatable bonds is 7. The largest absolute Gasteiger partial charge is 0.481 e. The fourth-order valence-electron chi connectivity index (χ4n) is 3.62. The number of hydrogen-bond acceptors (Lipinski definition) is 3. The van der Waals surface area contributed by atoms with Crippen LogP contribution in [-0.4, -0.2) is 27.2 Å². The Balaban J connectivity index is 1.87. The summed E-state index contributed by atoms with van der Waals surface area (Å²) in [5.74, 6) is -0.648. The summed E-state index contributed by atoms with van der Waals surface area (Å²) < 4.78 is 2.14. The van der Waals surface area contributed by atoms with E-state index in [9.17, 15) is 9.90 Å². The third kappa shape index (κ3) is 3.61. The summed E-state index contributed by atoms with van der Waals surface area (Å²) in [7, 11) is 0. The van der Waals surface area contributed by atoms with Gasteiger partial charge in [0.25, 0.3) is 0 Å². The quantitative estimate of drug-likeness (QED) is 0.811. The summed E-state index contributed by atoms with van der Waals surface area (Å²) in [4.78, 5) is 16.1. The van der Waals surface area contributed by atoms with Crippen LogP contribution in [0.2, 0.25) is 0 Å². The molecule has 5 nitrogen and oxygen atoms in total. The SMILES string of the molecule is CC(C)c1ccc2c(c1)CCc1c(C[C@H](CCCN)C(=O)O)ncn1-2. The van der Waals surface area contributed by atoms with E-state index in [1.54, 1.807) is 0 Å². The minimum Gasteiger partial charge on any atom is -0.481 e. The van der Waals surface area contributed by atoms with Crippen molar-refractivity contribution in [3.05, 3.63) is 47.0 Å². The number of fused-ring (bicyclic) bond motifs is 3. The van der Waals surface area contributed by atoms with Crippen molar-refractivity contribution >= 4 is 5.97 Å². The van der Waals surface area contributed by atoms with Crippen molar-refractivity contribution < 1.29 is 9.90 Å². The summed E-state index contributed by atoms with van der Waals surface area (Å²) in [5, 5.41) is 9.47. The lowest BCUT2D eigenvalue weighted by molar-refractivity contribution is -0.142. The first kappa shape index (κ1) is 17.7. The Morgan fingerprint density at radius 1 is 1.36 bits per heavy atom. The van der Waals surface area contributed by atoms with Gasteiger partial charge in [-0.25, -0.2) is 4.98 Å². The van der Waals surface area contributed by atoms with Gasteiger partial charge >= 0.3 is 5.97 Å². The van der Waals surface area contributed by atoms with Crippen LogP contribution in [0, 0.1) is 5.92 Å². The van der Waals surface area contributed by atoms with Crippen LogP contribution in [-0.2, 0) is 24.1 Å². The van der Waals surface area contributed by atoms with E-state index >= 15 is 0 Å². The van der Waals surface area contributed by atoms with Gasteiger partial charge in [-0.2, -0.15) is 0 Å². The first-order valence-electron chi connectivity index (χ1n) is 9.12. The lowest BCUT2D eigenvalue weighted by atomic mass is 9.92. The van der Waals surface area contributed by atoms with E-state index in [0.717, 1.165) is 30.7 Å². The van der Waals surface area contributed by atoms with Crippen LogP contribution in [0.3, 0.4) is 0 Å². The third-order valence-electron chi connectivity index (χ3n) is 5.16. The predicted molar refractivity (Wildman–Crippen MR) is 98.2 cm³/mol. The molecule has 3 N–H and O–H groups in total. The number of nitrogens with zero attached hydrogens (tertiary/aromatic N) is 2. The molecule has 0 bridgehead atoms. The van der Waals surface area contributed by atoms with E-state index in [1.165, 1.54) is 16.8 Å². The molecule has 0 spiro atoms. The Labute approximate surface area is 148 Å². The zero-order valence-electron chi connectivity index (χ0n) is 15.0. The van der Waals surface area contributed by atoms with Crippen molar-refractivity contribution in [1.82, 2.24) is 9.55 Å². The van der Waals surface area contributed by atoms with Crippen molar-refractivity contribution in [2.24, 2.45) is 11.7 Å². The number of carboxylic acids is 1. The van der Waals surface area contributed by atoms with Gasteiger partial charge in [-0.05, 0) is 55.3 Å². The van der Waals surface area contributed by atoms with Gasteiger partial charge in [0.1, 0.15) is 0 Å². The number of aromatic nitrogens is 2. The molecular formula is C20H27N3O2. The highest BCUT2D eigenvalue weighted by atomic mass is 16.4. The van der Waals surface area contributed by atoms with Gasteiger partial charge in [-0.1, -0.05) is 26.0 Å². The summed E-state index contributed by atoms with van der Waals surface area (Å²) in [6, 6.07) is 6.64. The highest BCUT2D eigenvalue weighted by Gasteiger charge is 2.25. The Hall–Kier alpha value is -2.14. The molecule has 0 saturated carbocycles. The molecule has 1 atom stereocenters. The van der Waals surface area contributed by atoms with E-state index in [4.69, 9.17) is 5.73 Å². The maximum absolute atomic E-state index is 11.5. The van der Waals surface area contributed by atoms with E-state index in [1.807, 2.05) is 6.33 Å². The van der Waals surface area contributed by atoms with Gasteiger partial charge in [-0.15, -0.1) is 0 Å². The second-order valence-electron chi connectivity index (χ2n) is 7.22.